The molecule has 1 aliphatic heterocycles. The first-order valence-corrected chi connectivity index (χ1v) is 11.2. The number of hydrogen-bond donors (Lipinski definition) is 1. The van der Waals surface area contributed by atoms with Gasteiger partial charge >= 0.3 is 0 Å². The average molecular weight is 417 g/mol. The minimum Gasteiger partial charge on any atom is -0.489 e. The molecule has 0 radical (unpaired) electrons. The van der Waals surface area contributed by atoms with Gasteiger partial charge in [0.15, 0.2) is 0 Å². The summed E-state index contributed by atoms with van der Waals surface area (Å²) < 4.78 is 23.8. The Balaban J connectivity index is 1.39. The van der Waals surface area contributed by atoms with Crippen LogP contribution in [0.15, 0.2) is 36.2 Å². The van der Waals surface area contributed by atoms with Crippen molar-refractivity contribution in [2.75, 3.05) is 39.5 Å². The quantitative estimate of drug-likeness (QED) is 0.768. The van der Waals surface area contributed by atoms with E-state index in [1.165, 1.54) is 5.56 Å². The summed E-state index contributed by atoms with van der Waals surface area (Å²) in [5, 5.41) is 0. The van der Waals surface area contributed by atoms with Gasteiger partial charge in [0.25, 0.3) is 0 Å². The van der Waals surface area contributed by atoms with Crippen molar-refractivity contribution in [1.82, 2.24) is 4.90 Å². The molecule has 1 saturated heterocycles. The summed E-state index contributed by atoms with van der Waals surface area (Å²) in [6.07, 6.45) is 7.56. The summed E-state index contributed by atoms with van der Waals surface area (Å²) >= 11 is 0. The van der Waals surface area contributed by atoms with Crippen molar-refractivity contribution in [2.45, 2.75) is 50.4 Å². The first-order valence-electron chi connectivity index (χ1n) is 11.2. The number of hydrogen-bond acceptors (Lipinski definition) is 4. The lowest BCUT2D eigenvalue weighted by Crippen LogP contribution is -2.53. The number of carbonyl (C=O) groups is 1. The number of carbonyl (C=O) groups excluding carboxylic acids is 1. The molecule has 3 aliphatic carbocycles. The lowest BCUT2D eigenvalue weighted by Gasteiger charge is -2.53. The molecule has 0 unspecified atom stereocenters. The second-order valence-electron chi connectivity index (χ2n) is 9.10. The highest BCUT2D eigenvalue weighted by atomic mass is 19.1. The largest absolute Gasteiger partial charge is 0.489 e. The molecule has 1 heterocycles. The van der Waals surface area contributed by atoms with E-state index < -0.39 is 0 Å². The van der Waals surface area contributed by atoms with Gasteiger partial charge in [-0.3, -0.25) is 4.79 Å². The van der Waals surface area contributed by atoms with Crippen molar-refractivity contribution in [3.05, 3.63) is 41.7 Å². The van der Waals surface area contributed by atoms with E-state index in [1.54, 1.807) is 0 Å². The van der Waals surface area contributed by atoms with Gasteiger partial charge in [0.2, 0.25) is 5.91 Å². The third kappa shape index (κ3) is 4.12. The Labute approximate surface area is 178 Å². The number of ether oxygens (including phenoxy) is 2. The van der Waals surface area contributed by atoms with Crippen LogP contribution in [-0.4, -0.2) is 50.3 Å². The van der Waals surface area contributed by atoms with Gasteiger partial charge in [-0.05, 0) is 68.1 Å². The maximum Gasteiger partial charge on any atom is 0.228 e. The summed E-state index contributed by atoms with van der Waals surface area (Å²) in [4.78, 5) is 15.4. The van der Waals surface area contributed by atoms with Gasteiger partial charge in [0.05, 0.1) is 12.9 Å². The first-order chi connectivity index (χ1) is 14.6. The molecule has 3 saturated carbocycles. The molecule has 5 rings (SSSR count). The van der Waals surface area contributed by atoms with Crippen molar-refractivity contribution in [3.8, 4) is 5.75 Å². The molecule has 0 aromatic heterocycles. The molecule has 4 fully saturated rings. The monoisotopic (exact) mass is 416 g/mol. The summed E-state index contributed by atoms with van der Waals surface area (Å²) in [5.41, 5.74) is 7.26. The van der Waals surface area contributed by atoms with Crippen LogP contribution in [-0.2, 0) is 14.9 Å². The van der Waals surface area contributed by atoms with Crippen molar-refractivity contribution in [2.24, 2.45) is 11.1 Å². The van der Waals surface area contributed by atoms with Gasteiger partial charge < -0.3 is 20.1 Å². The summed E-state index contributed by atoms with van der Waals surface area (Å²) in [6.45, 7) is 3.31. The molecule has 1 amide bonds. The molecule has 5 nitrogen and oxygen atoms in total. The van der Waals surface area contributed by atoms with Crippen LogP contribution in [0, 0.1) is 5.41 Å². The Morgan fingerprint density at radius 1 is 1.10 bits per heavy atom. The maximum absolute atomic E-state index is 13.4. The molecule has 0 atom stereocenters. The first kappa shape index (κ1) is 21.3. The molecular weight excluding hydrogens is 383 g/mol. The topological polar surface area (TPSA) is 64.8 Å². The fourth-order valence-corrected chi connectivity index (χ4v) is 5.44. The predicted octanol–water partition coefficient (Wildman–Crippen LogP) is 3.72. The van der Waals surface area contributed by atoms with E-state index in [4.69, 9.17) is 15.2 Å². The third-order valence-corrected chi connectivity index (χ3v) is 7.52. The fraction of sp³-hybridized carbons (Fsp3) is 0.625. The Bertz CT molecular complexity index is 745. The predicted molar refractivity (Wildman–Crippen MR) is 114 cm³/mol. The van der Waals surface area contributed by atoms with Crippen molar-refractivity contribution < 1.29 is 18.7 Å². The highest BCUT2D eigenvalue weighted by Gasteiger charge is 2.53. The fourth-order valence-electron chi connectivity index (χ4n) is 5.44. The van der Waals surface area contributed by atoms with Crippen LogP contribution in [0.2, 0.25) is 0 Å². The number of halogens is 1. The van der Waals surface area contributed by atoms with E-state index in [0.29, 0.717) is 24.4 Å². The van der Waals surface area contributed by atoms with Crippen LogP contribution < -0.4 is 10.5 Å². The zero-order valence-corrected chi connectivity index (χ0v) is 17.7. The molecule has 4 aliphatic rings. The number of nitrogens with zero attached hydrogens (tertiary/aromatic N) is 1. The highest BCUT2D eigenvalue weighted by Crippen LogP contribution is 2.58. The summed E-state index contributed by atoms with van der Waals surface area (Å²) in [5.74, 6) is 1.09. The minimum atomic E-state index is -0.160. The zero-order valence-electron chi connectivity index (χ0n) is 17.7. The van der Waals surface area contributed by atoms with E-state index in [2.05, 4.69) is 17.0 Å². The number of rotatable bonds is 6. The molecule has 1 aromatic carbocycles. The molecule has 2 bridgehead atoms. The average Bonchev–Trinajstić information content (AvgIpc) is 3.10. The number of amides is 1. The number of benzene rings is 1. The smallest absolute Gasteiger partial charge is 0.228 e. The van der Waals surface area contributed by atoms with Crippen LogP contribution >= 0.6 is 0 Å². The second-order valence-corrected chi connectivity index (χ2v) is 9.10. The molecular formula is C24H33FN2O3. The van der Waals surface area contributed by atoms with E-state index in [-0.39, 0.29) is 24.0 Å². The van der Waals surface area contributed by atoms with Crippen LogP contribution in [0.25, 0.3) is 0 Å². The van der Waals surface area contributed by atoms with Crippen molar-refractivity contribution in [3.63, 3.8) is 0 Å². The molecule has 0 spiro atoms. The SMILES string of the molecule is NCC(=CF)COc1ccc(C23CCC(C(=O)N4CCCOCC4)(CC2)CC3)cc1. The third-order valence-electron chi connectivity index (χ3n) is 7.52. The Hall–Kier alpha value is -1.92. The van der Waals surface area contributed by atoms with Crippen LogP contribution in [0.3, 0.4) is 0 Å². The maximum atomic E-state index is 13.4. The van der Waals surface area contributed by atoms with Crippen molar-refractivity contribution in [1.29, 1.82) is 0 Å². The van der Waals surface area contributed by atoms with Crippen LogP contribution in [0.1, 0.15) is 50.5 Å². The minimum absolute atomic E-state index is 0.155. The second kappa shape index (κ2) is 9.06. The van der Waals surface area contributed by atoms with Crippen LogP contribution in [0.5, 0.6) is 5.75 Å². The molecule has 30 heavy (non-hydrogen) atoms. The van der Waals surface area contributed by atoms with Crippen molar-refractivity contribution >= 4 is 5.91 Å². The molecule has 6 heteroatoms. The lowest BCUT2D eigenvalue weighted by molar-refractivity contribution is -0.149. The van der Waals surface area contributed by atoms with Gasteiger partial charge in [-0.15, -0.1) is 0 Å². The van der Waals surface area contributed by atoms with E-state index in [9.17, 15) is 9.18 Å². The van der Waals surface area contributed by atoms with Crippen LogP contribution in [0.4, 0.5) is 4.39 Å². The van der Waals surface area contributed by atoms with Gasteiger partial charge in [-0.25, -0.2) is 4.39 Å². The highest BCUT2D eigenvalue weighted by molar-refractivity contribution is 5.83. The Kier molecular flexibility index (Phi) is 6.44. The van der Waals surface area contributed by atoms with E-state index in [1.807, 2.05) is 12.1 Å². The summed E-state index contributed by atoms with van der Waals surface area (Å²) in [6, 6.07) is 8.22. The Morgan fingerprint density at radius 3 is 2.43 bits per heavy atom. The number of fused-ring (bicyclic) bond motifs is 3. The lowest BCUT2D eigenvalue weighted by atomic mass is 9.51. The molecule has 2 N–H and O–H groups in total. The van der Waals surface area contributed by atoms with Gasteiger partial charge in [0.1, 0.15) is 12.4 Å². The van der Waals surface area contributed by atoms with Gasteiger partial charge in [0, 0.05) is 37.2 Å². The summed E-state index contributed by atoms with van der Waals surface area (Å²) in [7, 11) is 0. The van der Waals surface area contributed by atoms with Gasteiger partial charge in [-0.1, -0.05) is 12.1 Å². The molecule has 164 valence electrons. The Morgan fingerprint density at radius 2 is 1.80 bits per heavy atom. The zero-order chi connectivity index (χ0) is 21.0. The van der Waals surface area contributed by atoms with Gasteiger partial charge in [-0.2, -0.15) is 0 Å². The normalized spacial score (nSPS) is 29.5. The van der Waals surface area contributed by atoms with E-state index in [0.717, 1.165) is 70.4 Å². The molecule has 1 aromatic rings. The standard InChI is InChI=1S/C24H33FN2O3/c25-16-19(17-26)18-30-21-4-2-20(3-5-21)23-6-9-24(10-7-23,11-8-23)22(28)27-12-1-14-29-15-13-27/h2-5,16H,1,6-15,17-18,26H2. The number of nitrogens with two attached hydrogens (primary N) is 1. The van der Waals surface area contributed by atoms with E-state index >= 15 is 0 Å².